The van der Waals surface area contributed by atoms with E-state index >= 15 is 0 Å². The highest BCUT2D eigenvalue weighted by atomic mass is 16.7. The van der Waals surface area contributed by atoms with E-state index in [0.29, 0.717) is 18.4 Å². The van der Waals surface area contributed by atoms with Crippen LogP contribution in [0.15, 0.2) is 35.5 Å². The van der Waals surface area contributed by atoms with Gasteiger partial charge in [0.25, 0.3) is 0 Å². The quantitative estimate of drug-likeness (QED) is 0.225. The van der Waals surface area contributed by atoms with Gasteiger partial charge in [-0.05, 0) is 38.3 Å². The summed E-state index contributed by atoms with van der Waals surface area (Å²) in [6.07, 6.45) is -4.74. The minimum absolute atomic E-state index is 0.219. The molecule has 5 N–H and O–H groups in total. The molecule has 0 radical (unpaired) electrons. The average molecular weight is 426 g/mol. The highest BCUT2D eigenvalue weighted by Crippen LogP contribution is 2.35. The molecule has 9 atom stereocenters. The number of aliphatic hydroxyl groups excluding tert-OH is 5. The molecule has 0 amide bonds. The van der Waals surface area contributed by atoms with Crippen LogP contribution < -0.4 is 0 Å². The maximum absolute atomic E-state index is 12.0. The Kier molecular flexibility index (Phi) is 7.13. The summed E-state index contributed by atoms with van der Waals surface area (Å²) < 4.78 is 16.8. The molecular weight excluding hydrogens is 396 g/mol. The molecule has 0 aromatic carbocycles. The summed E-state index contributed by atoms with van der Waals surface area (Å²) in [7, 11) is 0. The molecule has 0 aromatic heterocycles. The van der Waals surface area contributed by atoms with E-state index in [1.807, 2.05) is 13.0 Å². The summed E-state index contributed by atoms with van der Waals surface area (Å²) in [6.45, 7) is 6.82. The Hall–Kier alpha value is -1.59. The van der Waals surface area contributed by atoms with Gasteiger partial charge in [-0.2, -0.15) is 0 Å². The zero-order valence-electron chi connectivity index (χ0n) is 17.0. The van der Waals surface area contributed by atoms with Gasteiger partial charge in [0, 0.05) is 5.57 Å². The van der Waals surface area contributed by atoms with E-state index in [2.05, 4.69) is 6.58 Å². The van der Waals surface area contributed by atoms with Crippen LogP contribution in [0.3, 0.4) is 0 Å². The van der Waals surface area contributed by atoms with E-state index in [9.17, 15) is 30.3 Å². The predicted octanol–water partition coefficient (Wildman–Crippen LogP) is -0.683. The molecule has 0 bridgehead atoms. The topological polar surface area (TPSA) is 146 Å². The number of ether oxygens (including phenoxy) is 3. The molecule has 0 aromatic rings. The number of hydrogen-bond acceptors (Lipinski definition) is 9. The van der Waals surface area contributed by atoms with Crippen LogP contribution in [-0.4, -0.2) is 87.1 Å². The number of fused-ring (bicyclic) bond motifs is 1. The molecule has 30 heavy (non-hydrogen) atoms. The van der Waals surface area contributed by atoms with Gasteiger partial charge < -0.3 is 39.7 Å². The number of hydrogen-bond donors (Lipinski definition) is 5. The van der Waals surface area contributed by atoms with Crippen LogP contribution in [0.1, 0.15) is 26.7 Å². The molecule has 168 valence electrons. The van der Waals surface area contributed by atoms with Crippen LogP contribution in [0, 0.1) is 5.92 Å². The summed E-state index contributed by atoms with van der Waals surface area (Å²) in [5.74, 6) is -1.14. The average Bonchev–Trinajstić information content (AvgIpc) is 2.97. The molecule has 2 heterocycles. The van der Waals surface area contributed by atoms with E-state index in [-0.39, 0.29) is 5.57 Å². The molecule has 0 spiro atoms. The van der Waals surface area contributed by atoms with Crippen molar-refractivity contribution in [2.45, 2.75) is 75.7 Å². The second-order valence-corrected chi connectivity index (χ2v) is 8.21. The largest absolute Gasteiger partial charge is 0.454 e. The standard InChI is InChI=1S/C21H30O9/c1-9-4-5-13(29-21-19(26)18(25)17(24)15(8-22)30-21)10(2)7-14-16(12(23)6-9)11(3)20(27)28-14/h4,7,12-19,21-26H,3,5-6,8H2,1-2H3/b9-4+,10-7+/t12-,13-,14+,15+,16+,17+,18-,19+,21?/m0/s1. The van der Waals surface area contributed by atoms with Gasteiger partial charge in [0.05, 0.1) is 24.7 Å². The first kappa shape index (κ1) is 23.1. The first-order valence-electron chi connectivity index (χ1n) is 10.0. The van der Waals surface area contributed by atoms with Gasteiger partial charge in [0.2, 0.25) is 0 Å². The van der Waals surface area contributed by atoms with E-state index in [0.717, 1.165) is 5.57 Å². The Labute approximate surface area is 174 Å². The van der Waals surface area contributed by atoms with Crippen LogP contribution in [0.25, 0.3) is 0 Å². The SMILES string of the molecule is C=C1C(=O)O[C@@H]2/C=C(\C)[C@@H](OC3O[C@H](CO)[C@@H](O)[C@H](O)[C@H]3O)C/C=C(\C)C[C@H](O)[C@@H]12. The van der Waals surface area contributed by atoms with Gasteiger partial charge in [-0.1, -0.05) is 18.2 Å². The van der Waals surface area contributed by atoms with Crippen molar-refractivity contribution in [1.29, 1.82) is 0 Å². The highest BCUT2D eigenvalue weighted by molar-refractivity contribution is 5.91. The lowest BCUT2D eigenvalue weighted by Gasteiger charge is -2.41. The number of carbonyl (C=O) groups excluding carboxylic acids is 1. The van der Waals surface area contributed by atoms with Gasteiger partial charge in [0.1, 0.15) is 30.5 Å². The van der Waals surface area contributed by atoms with E-state index in [4.69, 9.17) is 14.2 Å². The number of aliphatic hydroxyl groups is 5. The first-order chi connectivity index (χ1) is 14.1. The van der Waals surface area contributed by atoms with Crippen LogP contribution in [-0.2, 0) is 19.0 Å². The minimum Gasteiger partial charge on any atom is -0.454 e. The third kappa shape index (κ3) is 4.52. The van der Waals surface area contributed by atoms with Gasteiger partial charge >= 0.3 is 5.97 Å². The summed E-state index contributed by atoms with van der Waals surface area (Å²) in [5.41, 5.74) is 1.77. The molecular formula is C21H30O9. The summed E-state index contributed by atoms with van der Waals surface area (Å²) in [5, 5.41) is 50.2. The molecule has 9 heteroatoms. The smallest absolute Gasteiger partial charge is 0.334 e. The highest BCUT2D eigenvalue weighted by Gasteiger charge is 2.46. The molecule has 2 aliphatic heterocycles. The van der Waals surface area contributed by atoms with Crippen LogP contribution in [0.5, 0.6) is 0 Å². The fourth-order valence-corrected chi connectivity index (χ4v) is 4.10. The Morgan fingerprint density at radius 2 is 1.87 bits per heavy atom. The van der Waals surface area contributed by atoms with Crippen molar-refractivity contribution in [3.05, 3.63) is 35.5 Å². The molecule has 2 fully saturated rings. The van der Waals surface area contributed by atoms with Gasteiger partial charge in [0.15, 0.2) is 6.29 Å². The fraction of sp³-hybridized carbons (Fsp3) is 0.667. The predicted molar refractivity (Wildman–Crippen MR) is 104 cm³/mol. The third-order valence-corrected chi connectivity index (χ3v) is 5.97. The molecule has 3 aliphatic rings. The maximum Gasteiger partial charge on any atom is 0.334 e. The molecule has 1 aliphatic carbocycles. The molecule has 0 saturated carbocycles. The van der Waals surface area contributed by atoms with Crippen molar-refractivity contribution in [2.24, 2.45) is 5.92 Å². The van der Waals surface area contributed by atoms with Crippen LogP contribution in [0.2, 0.25) is 0 Å². The van der Waals surface area contributed by atoms with Gasteiger partial charge in [-0.25, -0.2) is 4.79 Å². The van der Waals surface area contributed by atoms with Gasteiger partial charge in [-0.3, -0.25) is 0 Å². The number of carbonyl (C=O) groups is 1. The second-order valence-electron chi connectivity index (χ2n) is 8.21. The summed E-state index contributed by atoms with van der Waals surface area (Å²) >= 11 is 0. The molecule has 9 nitrogen and oxygen atoms in total. The Morgan fingerprint density at radius 3 is 2.53 bits per heavy atom. The Morgan fingerprint density at radius 1 is 1.17 bits per heavy atom. The van der Waals surface area contributed by atoms with Crippen molar-refractivity contribution in [2.75, 3.05) is 6.61 Å². The van der Waals surface area contributed by atoms with Gasteiger partial charge in [-0.15, -0.1) is 0 Å². The zero-order chi connectivity index (χ0) is 22.2. The lowest BCUT2D eigenvalue weighted by molar-refractivity contribution is -0.308. The lowest BCUT2D eigenvalue weighted by atomic mass is 9.85. The second kappa shape index (κ2) is 9.27. The van der Waals surface area contributed by atoms with Crippen molar-refractivity contribution in [3.8, 4) is 0 Å². The zero-order valence-corrected chi connectivity index (χ0v) is 17.0. The lowest BCUT2D eigenvalue weighted by Crippen LogP contribution is -2.59. The first-order valence-corrected chi connectivity index (χ1v) is 10.0. The van der Waals surface area contributed by atoms with E-state index in [1.165, 1.54) is 0 Å². The van der Waals surface area contributed by atoms with Crippen molar-refractivity contribution < 1.29 is 44.5 Å². The van der Waals surface area contributed by atoms with Crippen LogP contribution >= 0.6 is 0 Å². The number of rotatable bonds is 3. The van der Waals surface area contributed by atoms with Crippen molar-refractivity contribution in [1.82, 2.24) is 0 Å². The monoisotopic (exact) mass is 426 g/mol. The Balaban J connectivity index is 1.86. The fourth-order valence-electron chi connectivity index (χ4n) is 4.10. The summed E-state index contributed by atoms with van der Waals surface area (Å²) in [4.78, 5) is 12.0. The van der Waals surface area contributed by atoms with E-state index in [1.54, 1.807) is 13.0 Å². The van der Waals surface area contributed by atoms with Crippen molar-refractivity contribution in [3.63, 3.8) is 0 Å². The van der Waals surface area contributed by atoms with Crippen LogP contribution in [0.4, 0.5) is 0 Å². The number of esters is 1. The molecule has 1 unspecified atom stereocenters. The van der Waals surface area contributed by atoms with E-state index < -0.39 is 67.5 Å². The Bertz CT molecular complexity index is 728. The minimum atomic E-state index is -1.54. The maximum atomic E-state index is 12.0. The normalized spacial score (nSPS) is 46.3. The molecule has 2 saturated heterocycles. The van der Waals surface area contributed by atoms with Crippen molar-refractivity contribution >= 4 is 5.97 Å². The third-order valence-electron chi connectivity index (χ3n) is 5.97. The summed E-state index contributed by atoms with van der Waals surface area (Å²) in [6, 6.07) is 0. The molecule has 3 rings (SSSR count).